The third-order valence-corrected chi connectivity index (χ3v) is 6.25. The Morgan fingerprint density at radius 1 is 0.941 bits per heavy atom. The first kappa shape index (κ1) is 23.5. The number of hydrogen-bond donors (Lipinski definition) is 2. The van der Waals surface area contributed by atoms with Gasteiger partial charge in [0.1, 0.15) is 6.04 Å². The van der Waals surface area contributed by atoms with E-state index in [9.17, 15) is 27.6 Å². The average Bonchev–Trinajstić information content (AvgIpc) is 3.51. The number of rotatable bonds is 5. The molecule has 1 fully saturated rings. The zero-order chi connectivity index (χ0) is 24.3. The van der Waals surface area contributed by atoms with E-state index in [1.807, 2.05) is 0 Å². The van der Waals surface area contributed by atoms with E-state index in [1.165, 1.54) is 35.6 Å². The Hall–Kier alpha value is -3.66. The van der Waals surface area contributed by atoms with Gasteiger partial charge < -0.3 is 15.5 Å². The zero-order valence-corrected chi connectivity index (χ0v) is 18.6. The number of amides is 3. The number of carbonyl (C=O) groups is 3. The van der Waals surface area contributed by atoms with Crippen LogP contribution in [0.3, 0.4) is 0 Å². The molecule has 0 unspecified atom stereocenters. The van der Waals surface area contributed by atoms with Gasteiger partial charge in [0.25, 0.3) is 11.8 Å². The number of thiophene rings is 1. The molecule has 1 aromatic heterocycles. The Morgan fingerprint density at radius 3 is 2.38 bits per heavy atom. The summed E-state index contributed by atoms with van der Waals surface area (Å²) in [4.78, 5) is 40.3. The van der Waals surface area contributed by atoms with Crippen LogP contribution >= 0.6 is 11.3 Å². The van der Waals surface area contributed by atoms with Crippen molar-refractivity contribution in [1.29, 1.82) is 0 Å². The van der Waals surface area contributed by atoms with Gasteiger partial charge in [-0.05, 0) is 60.7 Å². The van der Waals surface area contributed by atoms with Crippen molar-refractivity contribution in [2.24, 2.45) is 0 Å². The van der Waals surface area contributed by atoms with Crippen LogP contribution in [0.1, 0.15) is 38.4 Å². The van der Waals surface area contributed by atoms with E-state index < -0.39 is 23.7 Å². The SMILES string of the molecule is O=C(Nc1cccc(C(F)(F)F)c1)c1cccc(NC(=O)[C@@H]2CCCN2C(=O)c2cccs2)c1. The van der Waals surface area contributed by atoms with Crippen molar-refractivity contribution >= 4 is 40.4 Å². The molecule has 3 amide bonds. The third-order valence-electron chi connectivity index (χ3n) is 5.39. The van der Waals surface area contributed by atoms with E-state index in [1.54, 1.807) is 34.5 Å². The van der Waals surface area contributed by atoms with Crippen LogP contribution in [-0.2, 0) is 11.0 Å². The van der Waals surface area contributed by atoms with Crippen molar-refractivity contribution in [2.75, 3.05) is 17.2 Å². The van der Waals surface area contributed by atoms with Gasteiger partial charge in [0, 0.05) is 23.5 Å². The van der Waals surface area contributed by atoms with Crippen molar-refractivity contribution in [1.82, 2.24) is 4.90 Å². The molecule has 1 atom stereocenters. The highest BCUT2D eigenvalue weighted by Gasteiger charge is 2.35. The number of anilines is 2. The quantitative estimate of drug-likeness (QED) is 0.515. The smallest absolute Gasteiger partial charge is 0.326 e. The Bertz CT molecular complexity index is 1210. The van der Waals surface area contributed by atoms with Crippen LogP contribution < -0.4 is 10.6 Å². The predicted molar refractivity (Wildman–Crippen MR) is 123 cm³/mol. The molecule has 1 saturated heterocycles. The molecule has 6 nitrogen and oxygen atoms in total. The number of likely N-dealkylation sites (tertiary alicyclic amines) is 1. The van der Waals surface area contributed by atoms with Crippen molar-refractivity contribution in [3.8, 4) is 0 Å². The fourth-order valence-electron chi connectivity index (χ4n) is 3.76. The third kappa shape index (κ3) is 5.28. The van der Waals surface area contributed by atoms with Gasteiger partial charge >= 0.3 is 6.18 Å². The molecule has 176 valence electrons. The summed E-state index contributed by atoms with van der Waals surface area (Å²) in [6, 6.07) is 13.3. The van der Waals surface area contributed by atoms with E-state index in [4.69, 9.17) is 0 Å². The standard InChI is InChI=1S/C24H20F3N3O3S/c25-24(26,27)16-6-2-8-18(14-16)28-21(31)15-5-1-7-17(13-15)29-22(32)19-9-3-11-30(19)23(33)20-10-4-12-34-20/h1-2,4-8,10,12-14,19H,3,9,11H2,(H,28,31)(H,29,32)/t19-/m0/s1. The molecule has 2 aromatic carbocycles. The summed E-state index contributed by atoms with van der Waals surface area (Å²) in [5.74, 6) is -1.18. The lowest BCUT2D eigenvalue weighted by Gasteiger charge is -2.23. The van der Waals surface area contributed by atoms with Gasteiger partial charge in [-0.2, -0.15) is 13.2 Å². The van der Waals surface area contributed by atoms with E-state index in [0.717, 1.165) is 12.1 Å². The summed E-state index contributed by atoms with van der Waals surface area (Å²) in [6.45, 7) is 0.480. The first-order chi connectivity index (χ1) is 16.2. The second-order valence-electron chi connectivity index (χ2n) is 7.74. The minimum atomic E-state index is -4.52. The van der Waals surface area contributed by atoms with Crippen LogP contribution in [0.15, 0.2) is 66.0 Å². The Balaban J connectivity index is 1.44. The number of hydrogen-bond acceptors (Lipinski definition) is 4. The molecular weight excluding hydrogens is 467 g/mol. The van der Waals surface area contributed by atoms with Crippen molar-refractivity contribution < 1.29 is 27.6 Å². The molecule has 0 spiro atoms. The van der Waals surface area contributed by atoms with Gasteiger partial charge in [-0.3, -0.25) is 14.4 Å². The van der Waals surface area contributed by atoms with Crippen molar-refractivity contribution in [3.63, 3.8) is 0 Å². The first-order valence-electron chi connectivity index (χ1n) is 10.5. The number of nitrogens with zero attached hydrogens (tertiary/aromatic N) is 1. The van der Waals surface area contributed by atoms with Crippen LogP contribution in [0.25, 0.3) is 0 Å². The number of halogens is 3. The molecule has 0 saturated carbocycles. The van der Waals surface area contributed by atoms with Gasteiger partial charge in [0.2, 0.25) is 5.91 Å². The summed E-state index contributed by atoms with van der Waals surface area (Å²) >= 11 is 1.31. The maximum Gasteiger partial charge on any atom is 0.416 e. The minimum absolute atomic E-state index is 0.00273. The Labute approximate surface area is 197 Å². The normalized spacial score (nSPS) is 15.7. The molecule has 2 heterocycles. The second kappa shape index (κ2) is 9.68. The molecule has 34 heavy (non-hydrogen) atoms. The fourth-order valence-corrected chi connectivity index (χ4v) is 4.44. The molecule has 1 aliphatic rings. The van der Waals surface area contributed by atoms with Crippen LogP contribution in [0, 0.1) is 0 Å². The summed E-state index contributed by atoms with van der Waals surface area (Å²) in [5, 5.41) is 6.98. The number of alkyl halides is 3. The van der Waals surface area contributed by atoms with Crippen LogP contribution in [0.2, 0.25) is 0 Å². The molecule has 1 aliphatic heterocycles. The summed E-state index contributed by atoms with van der Waals surface area (Å²) in [7, 11) is 0. The highest BCUT2D eigenvalue weighted by atomic mass is 32.1. The molecular formula is C24H20F3N3O3S. The first-order valence-corrected chi connectivity index (χ1v) is 11.3. The lowest BCUT2D eigenvalue weighted by molar-refractivity contribution is -0.137. The van der Waals surface area contributed by atoms with Gasteiger partial charge in [-0.15, -0.1) is 11.3 Å². The van der Waals surface area contributed by atoms with Gasteiger partial charge in [-0.1, -0.05) is 18.2 Å². The lowest BCUT2D eigenvalue weighted by atomic mass is 10.1. The Morgan fingerprint density at radius 2 is 1.68 bits per heavy atom. The molecule has 2 N–H and O–H groups in total. The monoisotopic (exact) mass is 487 g/mol. The largest absolute Gasteiger partial charge is 0.416 e. The number of nitrogens with one attached hydrogen (secondary N) is 2. The molecule has 3 aromatic rings. The fraction of sp³-hybridized carbons (Fsp3) is 0.208. The lowest BCUT2D eigenvalue weighted by Crippen LogP contribution is -2.43. The zero-order valence-electron chi connectivity index (χ0n) is 17.8. The molecule has 4 rings (SSSR count). The highest BCUT2D eigenvalue weighted by Crippen LogP contribution is 2.31. The second-order valence-corrected chi connectivity index (χ2v) is 8.68. The van der Waals surface area contributed by atoms with E-state index in [-0.39, 0.29) is 23.1 Å². The molecule has 0 radical (unpaired) electrons. The summed E-state index contributed by atoms with van der Waals surface area (Å²) in [5.41, 5.74) is -0.363. The number of benzene rings is 2. The van der Waals surface area contributed by atoms with Crippen molar-refractivity contribution in [3.05, 3.63) is 82.0 Å². The minimum Gasteiger partial charge on any atom is -0.326 e. The molecule has 10 heteroatoms. The van der Waals surface area contributed by atoms with Crippen LogP contribution in [0.5, 0.6) is 0 Å². The average molecular weight is 488 g/mol. The van der Waals surface area contributed by atoms with E-state index >= 15 is 0 Å². The van der Waals surface area contributed by atoms with Gasteiger partial charge in [0.05, 0.1) is 10.4 Å². The van der Waals surface area contributed by atoms with E-state index in [2.05, 4.69) is 10.6 Å². The Kier molecular flexibility index (Phi) is 6.69. The number of carbonyl (C=O) groups excluding carboxylic acids is 3. The van der Waals surface area contributed by atoms with Gasteiger partial charge in [0.15, 0.2) is 0 Å². The predicted octanol–water partition coefficient (Wildman–Crippen LogP) is 5.26. The summed E-state index contributed by atoms with van der Waals surface area (Å²) < 4.78 is 38.7. The van der Waals surface area contributed by atoms with E-state index in [0.29, 0.717) is 30.0 Å². The molecule has 0 aliphatic carbocycles. The highest BCUT2D eigenvalue weighted by molar-refractivity contribution is 7.12. The maximum atomic E-state index is 12.9. The van der Waals surface area contributed by atoms with Crippen LogP contribution in [0.4, 0.5) is 24.5 Å². The van der Waals surface area contributed by atoms with Gasteiger partial charge in [-0.25, -0.2) is 0 Å². The summed E-state index contributed by atoms with van der Waals surface area (Å²) in [6.07, 6.45) is -3.29. The van der Waals surface area contributed by atoms with Crippen LogP contribution in [-0.4, -0.2) is 35.2 Å². The topological polar surface area (TPSA) is 78.5 Å². The van der Waals surface area contributed by atoms with Crippen molar-refractivity contribution in [2.45, 2.75) is 25.1 Å². The molecule has 0 bridgehead atoms. The maximum absolute atomic E-state index is 12.9.